The molecular formula is C14H22N4. The normalized spacial score (nSPS) is 12.5. The number of hydrogen-bond acceptors (Lipinski definition) is 4. The van der Waals surface area contributed by atoms with E-state index in [-0.39, 0.29) is 0 Å². The maximum absolute atomic E-state index is 8.91. The first-order valence-electron chi connectivity index (χ1n) is 6.15. The van der Waals surface area contributed by atoms with Crippen molar-refractivity contribution in [2.45, 2.75) is 19.9 Å². The third-order valence-corrected chi connectivity index (χ3v) is 2.89. The van der Waals surface area contributed by atoms with Crippen molar-refractivity contribution >= 4 is 11.4 Å². The molecule has 0 aliphatic rings. The van der Waals surface area contributed by atoms with Crippen LogP contribution in [0.1, 0.15) is 19.4 Å². The van der Waals surface area contributed by atoms with Crippen LogP contribution in [-0.2, 0) is 0 Å². The minimum absolute atomic E-state index is 0.302. The van der Waals surface area contributed by atoms with E-state index in [1.807, 2.05) is 14.1 Å². The first kappa shape index (κ1) is 14.3. The number of nitrogen functional groups attached to an aromatic ring is 1. The third-order valence-electron chi connectivity index (χ3n) is 2.89. The van der Waals surface area contributed by atoms with Crippen LogP contribution in [0.2, 0.25) is 0 Å². The zero-order valence-corrected chi connectivity index (χ0v) is 11.6. The molecule has 0 saturated heterocycles. The molecule has 0 amide bonds. The molecule has 1 aromatic rings. The van der Waals surface area contributed by atoms with E-state index in [1.54, 1.807) is 18.2 Å². The second-order valence-electron chi connectivity index (χ2n) is 5.17. The fourth-order valence-corrected chi connectivity index (χ4v) is 1.77. The number of anilines is 2. The highest BCUT2D eigenvalue weighted by Crippen LogP contribution is 2.22. The molecule has 0 aliphatic heterocycles. The second-order valence-corrected chi connectivity index (χ2v) is 5.17. The van der Waals surface area contributed by atoms with Crippen LogP contribution in [0.15, 0.2) is 18.2 Å². The van der Waals surface area contributed by atoms with E-state index in [0.29, 0.717) is 23.2 Å². The van der Waals surface area contributed by atoms with E-state index in [2.05, 4.69) is 30.1 Å². The van der Waals surface area contributed by atoms with Gasteiger partial charge in [0.25, 0.3) is 0 Å². The number of hydrogen-bond donors (Lipinski definition) is 2. The van der Waals surface area contributed by atoms with Gasteiger partial charge in [-0.1, -0.05) is 13.8 Å². The highest BCUT2D eigenvalue weighted by atomic mass is 15.1. The largest absolute Gasteiger partial charge is 0.397 e. The molecule has 0 aliphatic carbocycles. The SMILES string of the molecule is CC(C)C(CN(C)C)Nc1cc(C#N)ccc1N. The van der Waals surface area contributed by atoms with Gasteiger partial charge in [-0.15, -0.1) is 0 Å². The lowest BCUT2D eigenvalue weighted by atomic mass is 10.0. The Morgan fingerprint density at radius 2 is 2.06 bits per heavy atom. The summed E-state index contributed by atoms with van der Waals surface area (Å²) in [5.74, 6) is 0.484. The molecule has 1 unspecified atom stereocenters. The minimum Gasteiger partial charge on any atom is -0.397 e. The van der Waals surface area contributed by atoms with Gasteiger partial charge in [-0.2, -0.15) is 5.26 Å². The molecule has 18 heavy (non-hydrogen) atoms. The molecule has 0 heterocycles. The number of likely N-dealkylation sites (N-methyl/N-ethyl adjacent to an activating group) is 1. The van der Waals surface area contributed by atoms with Gasteiger partial charge < -0.3 is 16.0 Å². The van der Waals surface area contributed by atoms with Gasteiger partial charge in [0.15, 0.2) is 0 Å². The molecule has 4 heteroatoms. The minimum atomic E-state index is 0.302. The highest BCUT2D eigenvalue weighted by Gasteiger charge is 2.15. The van der Waals surface area contributed by atoms with Crippen molar-refractivity contribution in [3.05, 3.63) is 23.8 Å². The first-order valence-corrected chi connectivity index (χ1v) is 6.15. The summed E-state index contributed by atoms with van der Waals surface area (Å²) >= 11 is 0. The lowest BCUT2D eigenvalue weighted by Gasteiger charge is -2.27. The molecule has 0 spiro atoms. The van der Waals surface area contributed by atoms with Crippen molar-refractivity contribution in [2.24, 2.45) is 5.92 Å². The summed E-state index contributed by atoms with van der Waals surface area (Å²) in [6.45, 7) is 5.27. The molecule has 4 nitrogen and oxygen atoms in total. The van der Waals surface area contributed by atoms with Crippen LogP contribution < -0.4 is 11.1 Å². The van der Waals surface area contributed by atoms with Gasteiger partial charge in [0.2, 0.25) is 0 Å². The number of nitriles is 1. The van der Waals surface area contributed by atoms with Crippen molar-refractivity contribution in [1.82, 2.24) is 4.90 Å². The van der Waals surface area contributed by atoms with Gasteiger partial charge in [-0.05, 0) is 38.2 Å². The molecule has 0 bridgehead atoms. The lowest BCUT2D eigenvalue weighted by molar-refractivity contribution is 0.344. The summed E-state index contributed by atoms with van der Waals surface area (Å²) in [4.78, 5) is 2.14. The van der Waals surface area contributed by atoms with Gasteiger partial charge in [0, 0.05) is 12.6 Å². The van der Waals surface area contributed by atoms with Crippen LogP contribution in [0, 0.1) is 17.2 Å². The number of nitrogens with zero attached hydrogens (tertiary/aromatic N) is 2. The topological polar surface area (TPSA) is 65.1 Å². The van der Waals surface area contributed by atoms with E-state index in [9.17, 15) is 0 Å². The summed E-state index contributed by atoms with van der Waals surface area (Å²) in [5.41, 5.74) is 8.08. The Bertz CT molecular complexity index is 432. The molecule has 0 fully saturated rings. The maximum Gasteiger partial charge on any atom is 0.0992 e. The third kappa shape index (κ3) is 3.94. The average Bonchev–Trinajstić information content (AvgIpc) is 2.30. The Morgan fingerprint density at radius 3 is 2.56 bits per heavy atom. The molecule has 0 radical (unpaired) electrons. The zero-order chi connectivity index (χ0) is 13.7. The predicted octanol–water partition coefficient (Wildman–Crippen LogP) is 2.14. The summed E-state index contributed by atoms with van der Waals surface area (Å²) in [7, 11) is 4.10. The highest BCUT2D eigenvalue weighted by molar-refractivity contribution is 5.68. The van der Waals surface area contributed by atoms with E-state index in [1.165, 1.54) is 0 Å². The Hall–Kier alpha value is -1.73. The Balaban J connectivity index is 2.90. The monoisotopic (exact) mass is 246 g/mol. The molecule has 3 N–H and O–H groups in total. The fourth-order valence-electron chi connectivity index (χ4n) is 1.77. The van der Waals surface area contributed by atoms with E-state index >= 15 is 0 Å². The quantitative estimate of drug-likeness (QED) is 0.781. The number of benzene rings is 1. The number of nitrogens with two attached hydrogens (primary N) is 1. The predicted molar refractivity (Wildman–Crippen MR) is 76.4 cm³/mol. The molecule has 1 rings (SSSR count). The maximum atomic E-state index is 8.91. The molecule has 0 aromatic heterocycles. The molecule has 98 valence electrons. The van der Waals surface area contributed by atoms with Crippen LogP contribution in [-0.4, -0.2) is 31.6 Å². The molecular weight excluding hydrogens is 224 g/mol. The Kier molecular flexibility index (Phi) is 4.99. The van der Waals surface area contributed by atoms with Crippen molar-refractivity contribution < 1.29 is 0 Å². The molecule has 1 atom stereocenters. The smallest absolute Gasteiger partial charge is 0.0992 e. The van der Waals surface area contributed by atoms with Crippen molar-refractivity contribution in [2.75, 3.05) is 31.7 Å². The van der Waals surface area contributed by atoms with Gasteiger partial charge in [0.05, 0.1) is 23.0 Å². The van der Waals surface area contributed by atoms with Gasteiger partial charge in [-0.3, -0.25) is 0 Å². The summed E-state index contributed by atoms with van der Waals surface area (Å²) in [5, 5.41) is 12.3. The van der Waals surface area contributed by atoms with E-state index in [0.717, 1.165) is 12.2 Å². The summed E-state index contributed by atoms with van der Waals surface area (Å²) < 4.78 is 0. The Labute approximate surface area is 109 Å². The fraction of sp³-hybridized carbons (Fsp3) is 0.500. The second kappa shape index (κ2) is 6.27. The van der Waals surface area contributed by atoms with Crippen LogP contribution >= 0.6 is 0 Å². The first-order chi connectivity index (χ1) is 8.43. The van der Waals surface area contributed by atoms with Gasteiger partial charge >= 0.3 is 0 Å². The number of rotatable bonds is 5. The van der Waals surface area contributed by atoms with E-state index in [4.69, 9.17) is 11.0 Å². The van der Waals surface area contributed by atoms with Crippen LogP contribution in [0.3, 0.4) is 0 Å². The summed E-state index contributed by atoms with van der Waals surface area (Å²) in [6.07, 6.45) is 0. The van der Waals surface area contributed by atoms with Crippen molar-refractivity contribution in [3.63, 3.8) is 0 Å². The standard InChI is InChI=1S/C14H22N4/c1-10(2)14(9-18(3)4)17-13-7-11(8-15)5-6-12(13)16/h5-7,10,14,17H,9,16H2,1-4H3. The van der Waals surface area contributed by atoms with Crippen LogP contribution in [0.5, 0.6) is 0 Å². The average molecular weight is 246 g/mol. The van der Waals surface area contributed by atoms with Crippen LogP contribution in [0.25, 0.3) is 0 Å². The molecule has 0 saturated carbocycles. The van der Waals surface area contributed by atoms with Gasteiger partial charge in [-0.25, -0.2) is 0 Å². The van der Waals surface area contributed by atoms with Crippen molar-refractivity contribution in [3.8, 4) is 6.07 Å². The number of nitrogens with one attached hydrogen (secondary N) is 1. The van der Waals surface area contributed by atoms with Crippen molar-refractivity contribution in [1.29, 1.82) is 5.26 Å². The zero-order valence-electron chi connectivity index (χ0n) is 11.6. The van der Waals surface area contributed by atoms with Gasteiger partial charge in [0.1, 0.15) is 0 Å². The summed E-state index contributed by atoms with van der Waals surface area (Å²) in [6, 6.07) is 7.74. The van der Waals surface area contributed by atoms with Crippen LogP contribution in [0.4, 0.5) is 11.4 Å². The Morgan fingerprint density at radius 1 is 1.39 bits per heavy atom. The van der Waals surface area contributed by atoms with E-state index < -0.39 is 0 Å². The lowest BCUT2D eigenvalue weighted by Crippen LogP contribution is -2.36. The molecule has 1 aromatic carbocycles.